The monoisotopic (exact) mass is 290 g/mol. The molecule has 0 spiro atoms. The lowest BCUT2D eigenvalue weighted by Gasteiger charge is -2.34. The van der Waals surface area contributed by atoms with Crippen molar-refractivity contribution in [2.75, 3.05) is 44.2 Å². The third-order valence-corrected chi connectivity index (χ3v) is 5.03. The number of piperazine rings is 1. The van der Waals surface area contributed by atoms with Gasteiger partial charge in [-0.1, -0.05) is 24.3 Å². The van der Waals surface area contributed by atoms with Gasteiger partial charge in [-0.15, -0.1) is 0 Å². The molecule has 0 atom stereocenters. The number of rotatable bonds is 4. The van der Waals surface area contributed by atoms with Crippen LogP contribution in [0.5, 0.6) is 0 Å². The predicted octanol–water partition coefficient (Wildman–Crippen LogP) is 1.94. The first-order valence-electron chi connectivity index (χ1n) is 7.37. The topological polar surface area (TPSA) is 45.4 Å². The van der Waals surface area contributed by atoms with Gasteiger partial charge in [0.2, 0.25) is 0 Å². The minimum absolute atomic E-state index is 0.751. The summed E-state index contributed by atoms with van der Waals surface area (Å²) in [5.41, 5.74) is 8.13. The Hall–Kier alpha value is -1.17. The van der Waals surface area contributed by atoms with Crippen LogP contribution in [-0.4, -0.2) is 49.2 Å². The fraction of sp³-hybridized carbons (Fsp3) is 0.533. The number of hydrogen-bond acceptors (Lipinski definition) is 5. The third kappa shape index (κ3) is 2.80. The van der Waals surface area contributed by atoms with E-state index in [0.717, 1.165) is 51.2 Å². The number of aromatic nitrogens is 1. The molecule has 4 nitrogen and oxygen atoms in total. The molecule has 0 aliphatic carbocycles. The van der Waals surface area contributed by atoms with Crippen molar-refractivity contribution in [3.63, 3.8) is 0 Å². The average molecular weight is 290 g/mol. The summed E-state index contributed by atoms with van der Waals surface area (Å²) >= 11 is 1.81. The van der Waals surface area contributed by atoms with Crippen LogP contribution in [0, 0.1) is 0 Å². The second kappa shape index (κ2) is 6.08. The van der Waals surface area contributed by atoms with Crippen molar-refractivity contribution in [1.82, 2.24) is 9.88 Å². The summed E-state index contributed by atoms with van der Waals surface area (Å²) in [6.45, 7) is 8.24. The van der Waals surface area contributed by atoms with Crippen LogP contribution in [-0.2, 0) is 6.42 Å². The summed E-state index contributed by atoms with van der Waals surface area (Å²) in [4.78, 5) is 9.65. The Kier molecular flexibility index (Phi) is 4.19. The summed E-state index contributed by atoms with van der Waals surface area (Å²) in [5, 5.41) is 1.17. The van der Waals surface area contributed by atoms with E-state index in [-0.39, 0.29) is 0 Å². The van der Waals surface area contributed by atoms with Crippen molar-refractivity contribution in [2.45, 2.75) is 13.3 Å². The minimum atomic E-state index is 0.751. The average Bonchev–Trinajstić information content (AvgIpc) is 2.91. The van der Waals surface area contributed by atoms with Crippen LogP contribution in [0.1, 0.15) is 12.5 Å². The molecule has 0 radical (unpaired) electrons. The zero-order chi connectivity index (χ0) is 13.9. The van der Waals surface area contributed by atoms with Crippen molar-refractivity contribution in [1.29, 1.82) is 0 Å². The number of fused-ring (bicyclic) bond motifs is 1. The van der Waals surface area contributed by atoms with Crippen molar-refractivity contribution in [2.24, 2.45) is 5.73 Å². The minimum Gasteiger partial charge on any atom is -0.345 e. The van der Waals surface area contributed by atoms with Gasteiger partial charge < -0.3 is 10.6 Å². The molecule has 1 aromatic heterocycles. The molecule has 5 heteroatoms. The molecule has 20 heavy (non-hydrogen) atoms. The Bertz CT molecular complexity index is 572. The van der Waals surface area contributed by atoms with Gasteiger partial charge in [0.1, 0.15) is 0 Å². The van der Waals surface area contributed by atoms with Crippen molar-refractivity contribution < 1.29 is 0 Å². The Morgan fingerprint density at radius 1 is 1.25 bits per heavy atom. The Balaban J connectivity index is 1.74. The SMILES string of the molecule is CCc1ccc2sc(N3CCN(CCN)CC3)nc2c1. The number of nitrogens with two attached hydrogens (primary N) is 1. The number of aryl methyl sites for hydroxylation is 1. The molecule has 2 heterocycles. The number of hydrogen-bond donors (Lipinski definition) is 1. The van der Waals surface area contributed by atoms with Crippen LogP contribution >= 0.6 is 11.3 Å². The molecule has 1 aromatic carbocycles. The Labute approximate surface area is 124 Å². The highest BCUT2D eigenvalue weighted by Crippen LogP contribution is 2.30. The van der Waals surface area contributed by atoms with Gasteiger partial charge in [0, 0.05) is 39.3 Å². The zero-order valence-corrected chi connectivity index (χ0v) is 12.8. The van der Waals surface area contributed by atoms with Gasteiger partial charge in [-0.2, -0.15) is 0 Å². The maximum atomic E-state index is 5.62. The molecule has 1 aliphatic rings. The fourth-order valence-electron chi connectivity index (χ4n) is 2.66. The van der Waals surface area contributed by atoms with Gasteiger partial charge in [-0.25, -0.2) is 4.98 Å². The second-order valence-corrected chi connectivity index (χ2v) is 6.28. The highest BCUT2D eigenvalue weighted by atomic mass is 32.1. The second-order valence-electron chi connectivity index (χ2n) is 5.27. The summed E-state index contributed by atoms with van der Waals surface area (Å²) in [6.07, 6.45) is 1.07. The largest absolute Gasteiger partial charge is 0.345 e. The van der Waals surface area contributed by atoms with Crippen molar-refractivity contribution >= 4 is 26.7 Å². The number of anilines is 1. The summed E-state index contributed by atoms with van der Waals surface area (Å²) in [5.74, 6) is 0. The Morgan fingerprint density at radius 2 is 2.05 bits per heavy atom. The van der Waals surface area contributed by atoms with Crippen LogP contribution in [0.15, 0.2) is 18.2 Å². The van der Waals surface area contributed by atoms with E-state index in [9.17, 15) is 0 Å². The highest BCUT2D eigenvalue weighted by molar-refractivity contribution is 7.22. The van der Waals surface area contributed by atoms with Gasteiger partial charge in [0.25, 0.3) is 0 Å². The molecule has 1 saturated heterocycles. The van der Waals surface area contributed by atoms with E-state index in [1.807, 2.05) is 11.3 Å². The van der Waals surface area contributed by atoms with E-state index >= 15 is 0 Å². The molecular weight excluding hydrogens is 268 g/mol. The van der Waals surface area contributed by atoms with Gasteiger partial charge in [0.15, 0.2) is 5.13 Å². The summed E-state index contributed by atoms with van der Waals surface area (Å²) in [7, 11) is 0. The van der Waals surface area contributed by atoms with E-state index in [0.29, 0.717) is 0 Å². The predicted molar refractivity (Wildman–Crippen MR) is 86.7 cm³/mol. The molecule has 0 bridgehead atoms. The lowest BCUT2D eigenvalue weighted by molar-refractivity contribution is 0.265. The number of benzene rings is 1. The first-order chi connectivity index (χ1) is 9.80. The molecular formula is C15H22N4S. The van der Waals surface area contributed by atoms with Crippen molar-refractivity contribution in [3.8, 4) is 0 Å². The van der Waals surface area contributed by atoms with Crippen LogP contribution in [0.4, 0.5) is 5.13 Å². The van der Waals surface area contributed by atoms with Crippen LogP contribution in [0.25, 0.3) is 10.2 Å². The van der Waals surface area contributed by atoms with Gasteiger partial charge in [-0.3, -0.25) is 4.90 Å². The number of thiazole rings is 1. The molecule has 1 fully saturated rings. The van der Waals surface area contributed by atoms with E-state index in [4.69, 9.17) is 10.7 Å². The highest BCUT2D eigenvalue weighted by Gasteiger charge is 2.19. The third-order valence-electron chi connectivity index (χ3n) is 3.94. The van der Waals surface area contributed by atoms with Gasteiger partial charge in [0.05, 0.1) is 10.2 Å². The summed E-state index contributed by atoms with van der Waals surface area (Å²) < 4.78 is 1.29. The van der Waals surface area contributed by atoms with Gasteiger partial charge in [-0.05, 0) is 24.1 Å². The molecule has 2 N–H and O–H groups in total. The van der Waals surface area contributed by atoms with E-state index in [2.05, 4.69) is 34.9 Å². The lowest BCUT2D eigenvalue weighted by Crippen LogP contribution is -2.47. The van der Waals surface area contributed by atoms with Crippen molar-refractivity contribution in [3.05, 3.63) is 23.8 Å². The molecule has 108 valence electrons. The first-order valence-corrected chi connectivity index (χ1v) is 8.18. The maximum Gasteiger partial charge on any atom is 0.186 e. The Morgan fingerprint density at radius 3 is 2.75 bits per heavy atom. The molecule has 0 amide bonds. The first kappa shape index (κ1) is 13.8. The van der Waals surface area contributed by atoms with Gasteiger partial charge >= 0.3 is 0 Å². The quantitative estimate of drug-likeness (QED) is 0.935. The zero-order valence-electron chi connectivity index (χ0n) is 12.0. The lowest BCUT2D eigenvalue weighted by atomic mass is 10.2. The van der Waals surface area contributed by atoms with Crippen LogP contribution in [0.2, 0.25) is 0 Å². The molecule has 0 unspecified atom stereocenters. The fourth-order valence-corrected chi connectivity index (χ4v) is 3.66. The number of nitrogens with zero attached hydrogens (tertiary/aromatic N) is 3. The molecule has 3 rings (SSSR count). The smallest absolute Gasteiger partial charge is 0.186 e. The molecule has 1 aliphatic heterocycles. The van der Waals surface area contributed by atoms with Crippen LogP contribution in [0.3, 0.4) is 0 Å². The standard InChI is InChI=1S/C15H22N4S/c1-2-12-3-4-14-13(11-12)17-15(20-14)19-9-7-18(6-5-16)8-10-19/h3-4,11H,2,5-10,16H2,1H3. The molecule has 2 aromatic rings. The molecule has 0 saturated carbocycles. The summed E-state index contributed by atoms with van der Waals surface area (Å²) in [6, 6.07) is 6.64. The normalized spacial score (nSPS) is 17.0. The van der Waals surface area contributed by atoms with E-state index in [1.165, 1.54) is 15.4 Å². The van der Waals surface area contributed by atoms with E-state index in [1.54, 1.807) is 0 Å². The maximum absolute atomic E-state index is 5.62. The van der Waals surface area contributed by atoms with E-state index < -0.39 is 0 Å². The van der Waals surface area contributed by atoms with Crippen LogP contribution < -0.4 is 10.6 Å².